The molecule has 1 rings (SSSR count). The lowest BCUT2D eigenvalue weighted by molar-refractivity contribution is -0.120. The molecule has 88 valence electrons. The fourth-order valence-electron chi connectivity index (χ4n) is 2.17. The van der Waals surface area contributed by atoms with Gasteiger partial charge in [-0.1, -0.05) is 12.8 Å². The molecule has 4 heteroatoms. The molecule has 0 heterocycles. The summed E-state index contributed by atoms with van der Waals surface area (Å²) in [7, 11) is 0. The van der Waals surface area contributed by atoms with Crippen LogP contribution in [0.2, 0.25) is 0 Å². The van der Waals surface area contributed by atoms with Gasteiger partial charge in [-0.05, 0) is 19.8 Å². The minimum atomic E-state index is -0.105. The van der Waals surface area contributed by atoms with Crippen molar-refractivity contribution < 1.29 is 9.90 Å². The van der Waals surface area contributed by atoms with Crippen molar-refractivity contribution in [3.63, 3.8) is 0 Å². The Bertz CT molecular complexity index is 201. The van der Waals surface area contributed by atoms with E-state index in [9.17, 15) is 9.90 Å². The van der Waals surface area contributed by atoms with Gasteiger partial charge >= 0.3 is 0 Å². The van der Waals surface area contributed by atoms with Gasteiger partial charge < -0.3 is 15.7 Å². The summed E-state index contributed by atoms with van der Waals surface area (Å²) in [6.45, 7) is 3.44. The monoisotopic (exact) mass is 214 g/mol. The summed E-state index contributed by atoms with van der Waals surface area (Å²) in [5, 5.41) is 15.4. The van der Waals surface area contributed by atoms with Crippen molar-refractivity contribution in [1.29, 1.82) is 0 Å². The van der Waals surface area contributed by atoms with Crippen LogP contribution in [0.15, 0.2) is 0 Å². The molecule has 1 aliphatic rings. The predicted octanol–water partition coefficient (Wildman–Crippen LogP) is 0.407. The van der Waals surface area contributed by atoms with Crippen LogP contribution in [0.25, 0.3) is 0 Å². The number of hydrogen-bond donors (Lipinski definition) is 3. The topological polar surface area (TPSA) is 61.4 Å². The predicted molar refractivity (Wildman–Crippen MR) is 59.6 cm³/mol. The molecule has 0 radical (unpaired) electrons. The largest absolute Gasteiger partial charge is 0.394 e. The maximum absolute atomic E-state index is 11.2. The van der Waals surface area contributed by atoms with Gasteiger partial charge in [-0.2, -0.15) is 0 Å². The SMILES string of the molecule is CCNC(=O)CCNC1(CO)CCCC1. The minimum absolute atomic E-state index is 0.0797. The first kappa shape index (κ1) is 12.5. The number of carbonyl (C=O) groups is 1. The lowest BCUT2D eigenvalue weighted by Crippen LogP contribution is -2.47. The molecule has 0 aromatic carbocycles. The maximum Gasteiger partial charge on any atom is 0.221 e. The highest BCUT2D eigenvalue weighted by molar-refractivity contribution is 5.75. The molecule has 0 spiro atoms. The number of hydrogen-bond acceptors (Lipinski definition) is 3. The van der Waals surface area contributed by atoms with Crippen LogP contribution >= 0.6 is 0 Å². The van der Waals surface area contributed by atoms with Crippen LogP contribution in [0, 0.1) is 0 Å². The molecular weight excluding hydrogens is 192 g/mol. The number of amides is 1. The van der Waals surface area contributed by atoms with Crippen LogP contribution in [0.4, 0.5) is 0 Å². The molecule has 4 nitrogen and oxygen atoms in total. The van der Waals surface area contributed by atoms with Crippen LogP contribution in [0.1, 0.15) is 39.0 Å². The Hall–Kier alpha value is -0.610. The van der Waals surface area contributed by atoms with Gasteiger partial charge in [-0.15, -0.1) is 0 Å². The second-order valence-electron chi connectivity index (χ2n) is 4.28. The third-order valence-electron chi connectivity index (χ3n) is 3.09. The zero-order valence-electron chi connectivity index (χ0n) is 9.51. The molecule has 1 aliphatic carbocycles. The lowest BCUT2D eigenvalue weighted by Gasteiger charge is -2.27. The van der Waals surface area contributed by atoms with Crippen LogP contribution in [-0.2, 0) is 4.79 Å². The summed E-state index contributed by atoms with van der Waals surface area (Å²) in [6, 6.07) is 0. The Morgan fingerprint density at radius 3 is 2.60 bits per heavy atom. The zero-order valence-corrected chi connectivity index (χ0v) is 9.51. The molecule has 0 aromatic heterocycles. The highest BCUT2D eigenvalue weighted by Gasteiger charge is 2.32. The molecule has 0 aliphatic heterocycles. The van der Waals surface area contributed by atoms with Crippen LogP contribution in [0.5, 0.6) is 0 Å². The highest BCUT2D eigenvalue weighted by Crippen LogP contribution is 2.28. The molecule has 3 N–H and O–H groups in total. The lowest BCUT2D eigenvalue weighted by atomic mass is 9.99. The average Bonchev–Trinajstić information content (AvgIpc) is 2.68. The summed E-state index contributed by atoms with van der Waals surface area (Å²) in [5.41, 5.74) is -0.105. The second-order valence-corrected chi connectivity index (χ2v) is 4.28. The van der Waals surface area contributed by atoms with Gasteiger partial charge in [0.1, 0.15) is 0 Å². The average molecular weight is 214 g/mol. The zero-order chi connectivity index (χ0) is 11.1. The van der Waals surface area contributed by atoms with Gasteiger partial charge in [0, 0.05) is 25.0 Å². The molecule has 1 saturated carbocycles. The Morgan fingerprint density at radius 1 is 1.40 bits per heavy atom. The second kappa shape index (κ2) is 6.08. The molecule has 15 heavy (non-hydrogen) atoms. The Labute approximate surface area is 91.4 Å². The van der Waals surface area contributed by atoms with Gasteiger partial charge in [0.15, 0.2) is 0 Å². The van der Waals surface area contributed by atoms with Crippen molar-refractivity contribution in [3.05, 3.63) is 0 Å². The number of rotatable bonds is 6. The van der Waals surface area contributed by atoms with Crippen LogP contribution in [0.3, 0.4) is 0 Å². The first-order chi connectivity index (χ1) is 7.22. The van der Waals surface area contributed by atoms with Gasteiger partial charge in [0.05, 0.1) is 6.61 Å². The first-order valence-electron chi connectivity index (χ1n) is 5.85. The Morgan fingerprint density at radius 2 is 2.07 bits per heavy atom. The third-order valence-corrected chi connectivity index (χ3v) is 3.09. The standard InChI is InChI=1S/C11H22N2O2/c1-2-12-10(15)5-8-13-11(9-14)6-3-4-7-11/h13-14H,2-9H2,1H3,(H,12,15). The van der Waals surface area contributed by atoms with Gasteiger partial charge in [0.25, 0.3) is 0 Å². The third kappa shape index (κ3) is 3.80. The number of aliphatic hydroxyl groups is 1. The molecule has 0 bridgehead atoms. The van der Waals surface area contributed by atoms with E-state index in [0.29, 0.717) is 19.5 Å². The van der Waals surface area contributed by atoms with Crippen molar-refractivity contribution in [2.75, 3.05) is 19.7 Å². The van der Waals surface area contributed by atoms with Gasteiger partial charge in [-0.25, -0.2) is 0 Å². The molecule has 0 aromatic rings. The highest BCUT2D eigenvalue weighted by atomic mass is 16.3. The Kier molecular flexibility index (Phi) is 5.05. The van der Waals surface area contributed by atoms with E-state index in [0.717, 1.165) is 12.8 Å². The fourth-order valence-corrected chi connectivity index (χ4v) is 2.17. The van der Waals surface area contributed by atoms with Crippen molar-refractivity contribution in [3.8, 4) is 0 Å². The van der Waals surface area contributed by atoms with E-state index in [4.69, 9.17) is 0 Å². The van der Waals surface area contributed by atoms with Crippen molar-refractivity contribution >= 4 is 5.91 Å². The van der Waals surface area contributed by atoms with E-state index < -0.39 is 0 Å². The van der Waals surface area contributed by atoms with E-state index in [2.05, 4.69) is 10.6 Å². The minimum Gasteiger partial charge on any atom is -0.394 e. The van der Waals surface area contributed by atoms with Crippen molar-refractivity contribution in [2.24, 2.45) is 0 Å². The molecule has 1 amide bonds. The Balaban J connectivity index is 2.20. The van der Waals surface area contributed by atoms with Gasteiger partial charge in [-0.3, -0.25) is 4.79 Å². The number of nitrogens with one attached hydrogen (secondary N) is 2. The van der Waals surface area contributed by atoms with Crippen molar-refractivity contribution in [2.45, 2.75) is 44.6 Å². The number of aliphatic hydroxyl groups excluding tert-OH is 1. The van der Waals surface area contributed by atoms with E-state index in [1.807, 2.05) is 6.92 Å². The van der Waals surface area contributed by atoms with E-state index >= 15 is 0 Å². The molecular formula is C11H22N2O2. The summed E-state index contributed by atoms with van der Waals surface area (Å²) >= 11 is 0. The summed E-state index contributed by atoms with van der Waals surface area (Å²) in [6.07, 6.45) is 4.90. The van der Waals surface area contributed by atoms with Crippen molar-refractivity contribution in [1.82, 2.24) is 10.6 Å². The molecule has 1 fully saturated rings. The quantitative estimate of drug-likeness (QED) is 0.600. The van der Waals surface area contributed by atoms with E-state index in [1.165, 1.54) is 12.8 Å². The first-order valence-corrected chi connectivity index (χ1v) is 5.85. The molecule has 0 saturated heterocycles. The summed E-state index contributed by atoms with van der Waals surface area (Å²) in [5.74, 6) is 0.0797. The van der Waals surface area contributed by atoms with Crippen LogP contribution < -0.4 is 10.6 Å². The summed E-state index contributed by atoms with van der Waals surface area (Å²) < 4.78 is 0. The number of carbonyl (C=O) groups excluding carboxylic acids is 1. The molecule has 0 unspecified atom stereocenters. The fraction of sp³-hybridized carbons (Fsp3) is 0.909. The normalized spacial score (nSPS) is 19.1. The maximum atomic E-state index is 11.2. The van der Waals surface area contributed by atoms with E-state index in [-0.39, 0.29) is 18.1 Å². The molecule has 0 atom stereocenters. The van der Waals surface area contributed by atoms with Gasteiger partial charge in [0.2, 0.25) is 5.91 Å². The van der Waals surface area contributed by atoms with Crippen LogP contribution in [-0.4, -0.2) is 36.2 Å². The smallest absolute Gasteiger partial charge is 0.221 e. The van der Waals surface area contributed by atoms with E-state index in [1.54, 1.807) is 0 Å². The summed E-state index contributed by atoms with van der Waals surface area (Å²) in [4.78, 5) is 11.2.